The second kappa shape index (κ2) is 9.71. The molecule has 2 rings (SSSR count). The lowest BCUT2D eigenvalue weighted by atomic mass is 10.1. The summed E-state index contributed by atoms with van der Waals surface area (Å²) in [6.07, 6.45) is -0.562. The molecule has 1 atom stereocenters. The van der Waals surface area contributed by atoms with Crippen LogP contribution < -0.4 is 10.1 Å². The molecule has 1 heterocycles. The Morgan fingerprint density at radius 2 is 1.92 bits per heavy atom. The molecule has 0 aliphatic heterocycles. The van der Waals surface area contributed by atoms with Gasteiger partial charge in [-0.2, -0.15) is 0 Å². The van der Waals surface area contributed by atoms with Gasteiger partial charge in [0.2, 0.25) is 0 Å². The third-order valence-corrected chi connectivity index (χ3v) is 3.81. The fourth-order valence-electron chi connectivity index (χ4n) is 1.84. The van der Waals surface area contributed by atoms with E-state index in [-0.39, 0.29) is 24.6 Å². The zero-order chi connectivity index (χ0) is 16.7. The predicted molar refractivity (Wildman–Crippen MR) is 103 cm³/mol. The van der Waals surface area contributed by atoms with Crippen molar-refractivity contribution < 1.29 is 9.84 Å². The second-order valence-electron chi connectivity index (χ2n) is 6.32. The molecule has 1 aromatic heterocycles. The van der Waals surface area contributed by atoms with Crippen LogP contribution in [0.4, 0.5) is 0 Å². The van der Waals surface area contributed by atoms with Crippen LogP contribution >= 0.6 is 23.7 Å². The summed E-state index contributed by atoms with van der Waals surface area (Å²) in [4.78, 5) is 1.02. The van der Waals surface area contributed by atoms with Gasteiger partial charge in [-0.15, -0.1) is 23.7 Å². The number of halogens is 1. The molecule has 0 spiro atoms. The van der Waals surface area contributed by atoms with Crippen LogP contribution in [0, 0.1) is 11.8 Å². The van der Waals surface area contributed by atoms with Crippen molar-refractivity contribution in [1.29, 1.82) is 0 Å². The average Bonchev–Trinajstić information content (AvgIpc) is 3.02. The molecule has 0 saturated heterocycles. The number of hydrogen-bond donors (Lipinski definition) is 2. The summed E-state index contributed by atoms with van der Waals surface area (Å²) in [6.45, 7) is 6.93. The van der Waals surface area contributed by atoms with Crippen LogP contribution in [0.3, 0.4) is 0 Å². The fourth-order valence-corrected chi connectivity index (χ4v) is 2.41. The van der Waals surface area contributed by atoms with Gasteiger partial charge in [-0.25, -0.2) is 0 Å². The molecule has 0 fully saturated rings. The van der Waals surface area contributed by atoms with Gasteiger partial charge in [-0.05, 0) is 44.4 Å². The second-order valence-corrected chi connectivity index (χ2v) is 7.27. The smallest absolute Gasteiger partial charge is 0.135 e. The third kappa shape index (κ3) is 7.37. The maximum absolute atomic E-state index is 10.0. The largest absolute Gasteiger partial charge is 0.490 e. The van der Waals surface area contributed by atoms with Gasteiger partial charge >= 0.3 is 0 Å². The molecule has 0 bridgehead atoms. The van der Waals surface area contributed by atoms with Gasteiger partial charge < -0.3 is 15.2 Å². The van der Waals surface area contributed by atoms with E-state index in [4.69, 9.17) is 4.74 Å². The van der Waals surface area contributed by atoms with Crippen molar-refractivity contribution >= 4 is 23.7 Å². The van der Waals surface area contributed by atoms with Crippen LogP contribution in [0.5, 0.6) is 5.75 Å². The number of benzene rings is 1. The standard InChI is InChI=1S/C19H23NO2S.ClH/c1-19(2,3)20-13-16(21)14-22-18-9-5-4-7-15(18)10-11-17-8-6-12-23-17;/h4-9,12,16,20-21H,13-14H2,1-3H3;1H. The third-order valence-electron chi connectivity index (χ3n) is 3.03. The normalized spacial score (nSPS) is 11.8. The Labute approximate surface area is 154 Å². The van der Waals surface area contributed by atoms with Crippen LogP contribution in [0.2, 0.25) is 0 Å². The molecule has 0 aliphatic rings. The Morgan fingerprint density at radius 1 is 1.17 bits per heavy atom. The van der Waals surface area contributed by atoms with Crippen LogP contribution in [-0.4, -0.2) is 29.9 Å². The fraction of sp³-hybridized carbons (Fsp3) is 0.368. The minimum absolute atomic E-state index is 0. The Morgan fingerprint density at radius 3 is 2.58 bits per heavy atom. The molecule has 5 heteroatoms. The molecular formula is C19H24ClNO2S. The molecule has 130 valence electrons. The van der Waals surface area contributed by atoms with Gasteiger partial charge in [-0.1, -0.05) is 30.0 Å². The molecule has 0 radical (unpaired) electrons. The van der Waals surface area contributed by atoms with E-state index in [1.165, 1.54) is 0 Å². The Balaban J connectivity index is 0.00000288. The van der Waals surface area contributed by atoms with Crippen molar-refractivity contribution in [3.8, 4) is 17.6 Å². The van der Waals surface area contributed by atoms with Crippen molar-refractivity contribution in [3.63, 3.8) is 0 Å². The first-order chi connectivity index (χ1) is 10.9. The highest BCUT2D eigenvalue weighted by Crippen LogP contribution is 2.17. The van der Waals surface area contributed by atoms with Gasteiger partial charge in [0.15, 0.2) is 0 Å². The number of nitrogens with one attached hydrogen (secondary N) is 1. The van der Waals surface area contributed by atoms with Crippen molar-refractivity contribution in [1.82, 2.24) is 5.32 Å². The number of β-amino-alcohol motifs (C(OH)–C–C–N with tert-alkyl or cyclic N) is 1. The van der Waals surface area contributed by atoms with Crippen LogP contribution in [0.15, 0.2) is 41.8 Å². The molecule has 0 saturated carbocycles. The number of aliphatic hydroxyl groups excluding tert-OH is 1. The van der Waals surface area contributed by atoms with Crippen molar-refractivity contribution in [3.05, 3.63) is 52.2 Å². The van der Waals surface area contributed by atoms with E-state index in [9.17, 15) is 5.11 Å². The maximum Gasteiger partial charge on any atom is 0.135 e. The number of hydrogen-bond acceptors (Lipinski definition) is 4. The summed E-state index contributed by atoms with van der Waals surface area (Å²) in [5.41, 5.74) is 0.808. The zero-order valence-corrected chi connectivity index (χ0v) is 15.8. The van der Waals surface area contributed by atoms with E-state index in [0.717, 1.165) is 10.4 Å². The monoisotopic (exact) mass is 365 g/mol. The lowest BCUT2D eigenvalue weighted by Crippen LogP contribution is -2.42. The lowest BCUT2D eigenvalue weighted by Gasteiger charge is -2.23. The van der Waals surface area contributed by atoms with Gasteiger partial charge in [-0.3, -0.25) is 0 Å². The average molecular weight is 366 g/mol. The summed E-state index contributed by atoms with van der Waals surface area (Å²) in [6, 6.07) is 11.6. The predicted octanol–water partition coefficient (Wildman–Crippen LogP) is 3.70. The Kier molecular flexibility index (Phi) is 8.30. The van der Waals surface area contributed by atoms with Crippen molar-refractivity contribution in [2.24, 2.45) is 0 Å². The number of ether oxygens (including phenoxy) is 1. The van der Waals surface area contributed by atoms with Crippen molar-refractivity contribution in [2.45, 2.75) is 32.4 Å². The highest BCUT2D eigenvalue weighted by atomic mass is 35.5. The van der Waals surface area contributed by atoms with Crippen LogP contribution in [0.1, 0.15) is 31.2 Å². The number of para-hydroxylation sites is 1. The molecule has 0 aliphatic carbocycles. The minimum Gasteiger partial charge on any atom is -0.490 e. The van der Waals surface area contributed by atoms with E-state index < -0.39 is 6.10 Å². The molecule has 0 amide bonds. The zero-order valence-electron chi connectivity index (χ0n) is 14.2. The Bertz CT molecular complexity index is 669. The van der Waals surface area contributed by atoms with Gasteiger partial charge in [0.1, 0.15) is 18.5 Å². The SMILES string of the molecule is CC(C)(C)NCC(O)COc1ccccc1C#Cc1cccs1.Cl. The van der Waals surface area contributed by atoms with Crippen LogP contribution in [-0.2, 0) is 0 Å². The first-order valence-electron chi connectivity index (χ1n) is 7.64. The number of aliphatic hydroxyl groups is 1. The Hall–Kier alpha value is -1.51. The molecular weight excluding hydrogens is 342 g/mol. The van der Waals surface area contributed by atoms with Gasteiger partial charge in [0.25, 0.3) is 0 Å². The van der Waals surface area contributed by atoms with Gasteiger partial charge in [0.05, 0.1) is 10.4 Å². The van der Waals surface area contributed by atoms with E-state index in [0.29, 0.717) is 12.3 Å². The molecule has 1 unspecified atom stereocenters. The van der Waals surface area contributed by atoms with Gasteiger partial charge in [0, 0.05) is 12.1 Å². The number of rotatable bonds is 5. The first-order valence-corrected chi connectivity index (χ1v) is 8.52. The molecule has 2 N–H and O–H groups in total. The summed E-state index contributed by atoms with van der Waals surface area (Å²) in [7, 11) is 0. The summed E-state index contributed by atoms with van der Waals surface area (Å²) < 4.78 is 5.74. The summed E-state index contributed by atoms with van der Waals surface area (Å²) in [5.74, 6) is 6.96. The molecule has 24 heavy (non-hydrogen) atoms. The van der Waals surface area contributed by atoms with Crippen LogP contribution in [0.25, 0.3) is 0 Å². The highest BCUT2D eigenvalue weighted by molar-refractivity contribution is 7.10. The molecule has 1 aromatic carbocycles. The van der Waals surface area contributed by atoms with E-state index >= 15 is 0 Å². The summed E-state index contributed by atoms with van der Waals surface area (Å²) >= 11 is 1.61. The highest BCUT2D eigenvalue weighted by Gasteiger charge is 2.13. The first kappa shape index (κ1) is 20.5. The quantitative estimate of drug-likeness (QED) is 0.794. The maximum atomic E-state index is 10.0. The summed E-state index contributed by atoms with van der Waals surface area (Å²) in [5, 5.41) is 15.3. The van der Waals surface area contributed by atoms with E-state index in [1.807, 2.05) is 41.8 Å². The molecule has 3 nitrogen and oxygen atoms in total. The lowest BCUT2D eigenvalue weighted by molar-refractivity contribution is 0.0999. The van der Waals surface area contributed by atoms with E-state index in [1.54, 1.807) is 11.3 Å². The minimum atomic E-state index is -0.562. The van der Waals surface area contributed by atoms with E-state index in [2.05, 4.69) is 37.9 Å². The van der Waals surface area contributed by atoms with Crippen molar-refractivity contribution in [2.75, 3.05) is 13.2 Å². The topological polar surface area (TPSA) is 41.5 Å². The molecule has 2 aromatic rings. The number of thiophene rings is 1.